The smallest absolute Gasteiger partial charge is 0.295 e. The molecule has 0 spiro atoms. The monoisotopic (exact) mass is 371 g/mol. The summed E-state index contributed by atoms with van der Waals surface area (Å²) in [5, 5.41) is 5.60. The van der Waals surface area contributed by atoms with E-state index in [2.05, 4.69) is 20.1 Å². The third-order valence-corrected chi connectivity index (χ3v) is 4.86. The molecule has 3 heterocycles. The van der Waals surface area contributed by atoms with Crippen molar-refractivity contribution in [3.8, 4) is 0 Å². The molecule has 0 N–H and O–H groups in total. The lowest BCUT2D eigenvalue weighted by atomic mass is 10.2. The van der Waals surface area contributed by atoms with E-state index in [1.165, 1.54) is 28.4 Å². The van der Waals surface area contributed by atoms with Gasteiger partial charge in [0.05, 0.1) is 22.5 Å². The molecule has 0 atom stereocenters. The van der Waals surface area contributed by atoms with Crippen LogP contribution in [0.15, 0.2) is 35.4 Å². The van der Waals surface area contributed by atoms with Gasteiger partial charge in [0.25, 0.3) is 5.56 Å². The standard InChI is InChI=1S/C16H10ClN5O2S/c17-9-1-2-12-11(7-9)20-13(25-12)8-22-16(24)15-14(18-4-5-19-15)10(21-22)3-6-23/h1-2,4-7H,3,8H2. The maximum atomic E-state index is 12.6. The van der Waals surface area contributed by atoms with E-state index in [0.717, 1.165) is 16.5 Å². The molecule has 3 aromatic heterocycles. The summed E-state index contributed by atoms with van der Waals surface area (Å²) < 4.78 is 2.25. The summed E-state index contributed by atoms with van der Waals surface area (Å²) in [7, 11) is 0. The molecular formula is C16H10ClN5O2S. The molecule has 0 unspecified atom stereocenters. The Kier molecular flexibility index (Phi) is 3.98. The minimum absolute atomic E-state index is 0.0604. The first-order valence-corrected chi connectivity index (χ1v) is 8.54. The Hall–Kier alpha value is -2.71. The zero-order chi connectivity index (χ0) is 17.4. The number of aromatic nitrogens is 5. The predicted molar refractivity (Wildman–Crippen MR) is 95.1 cm³/mol. The lowest BCUT2D eigenvalue weighted by Gasteiger charge is -2.06. The van der Waals surface area contributed by atoms with Crippen LogP contribution in [-0.2, 0) is 17.8 Å². The molecule has 0 aliphatic heterocycles. The van der Waals surface area contributed by atoms with Gasteiger partial charge >= 0.3 is 0 Å². The van der Waals surface area contributed by atoms with Gasteiger partial charge in [-0.05, 0) is 18.2 Å². The first-order chi connectivity index (χ1) is 12.2. The van der Waals surface area contributed by atoms with E-state index in [4.69, 9.17) is 11.6 Å². The molecule has 124 valence electrons. The Balaban J connectivity index is 1.83. The van der Waals surface area contributed by atoms with Gasteiger partial charge in [-0.1, -0.05) is 11.6 Å². The second-order valence-electron chi connectivity index (χ2n) is 5.25. The lowest BCUT2D eigenvalue weighted by molar-refractivity contribution is -0.107. The molecule has 0 fully saturated rings. The Morgan fingerprint density at radius 1 is 1.20 bits per heavy atom. The van der Waals surface area contributed by atoms with Gasteiger partial charge in [0.1, 0.15) is 16.8 Å². The van der Waals surface area contributed by atoms with Gasteiger partial charge in [-0.15, -0.1) is 11.3 Å². The van der Waals surface area contributed by atoms with Crippen LogP contribution in [0.2, 0.25) is 5.02 Å². The van der Waals surface area contributed by atoms with Crippen molar-refractivity contribution in [2.75, 3.05) is 0 Å². The third kappa shape index (κ3) is 2.90. The van der Waals surface area contributed by atoms with Crippen LogP contribution in [0, 0.1) is 0 Å². The number of aldehydes is 1. The van der Waals surface area contributed by atoms with Crippen molar-refractivity contribution in [1.82, 2.24) is 24.7 Å². The van der Waals surface area contributed by atoms with Gasteiger partial charge in [-0.2, -0.15) is 5.10 Å². The van der Waals surface area contributed by atoms with E-state index in [-0.39, 0.29) is 24.0 Å². The largest absolute Gasteiger partial charge is 0.303 e. The molecule has 0 radical (unpaired) electrons. The number of thiazole rings is 1. The molecular weight excluding hydrogens is 362 g/mol. The molecule has 0 aliphatic rings. The highest BCUT2D eigenvalue weighted by atomic mass is 35.5. The molecule has 1 aromatic carbocycles. The van der Waals surface area contributed by atoms with Crippen LogP contribution in [0.1, 0.15) is 10.7 Å². The number of fused-ring (bicyclic) bond motifs is 2. The average Bonchev–Trinajstić information content (AvgIpc) is 3.00. The molecule has 9 heteroatoms. The third-order valence-electron chi connectivity index (χ3n) is 3.61. The van der Waals surface area contributed by atoms with Gasteiger partial charge in [-0.3, -0.25) is 9.78 Å². The van der Waals surface area contributed by atoms with Crippen molar-refractivity contribution in [2.45, 2.75) is 13.0 Å². The van der Waals surface area contributed by atoms with Crippen molar-refractivity contribution in [2.24, 2.45) is 0 Å². The van der Waals surface area contributed by atoms with E-state index in [9.17, 15) is 9.59 Å². The summed E-state index contributed by atoms with van der Waals surface area (Å²) in [6.07, 6.45) is 3.70. The zero-order valence-corrected chi connectivity index (χ0v) is 14.3. The van der Waals surface area contributed by atoms with Gasteiger partial charge in [0.15, 0.2) is 5.52 Å². The second-order valence-corrected chi connectivity index (χ2v) is 6.81. The molecule has 0 saturated carbocycles. The van der Waals surface area contributed by atoms with Crippen LogP contribution in [-0.4, -0.2) is 31.0 Å². The van der Waals surface area contributed by atoms with Crippen molar-refractivity contribution >= 4 is 50.5 Å². The molecule has 0 amide bonds. The SMILES string of the molecule is O=CCc1nn(Cc2nc3cc(Cl)ccc3s2)c(=O)c2nccnc12. The quantitative estimate of drug-likeness (QED) is 0.511. The number of carbonyl (C=O) groups is 1. The summed E-state index contributed by atoms with van der Waals surface area (Å²) in [5.41, 5.74) is 1.37. The van der Waals surface area contributed by atoms with E-state index < -0.39 is 0 Å². The lowest BCUT2D eigenvalue weighted by Crippen LogP contribution is -2.26. The molecule has 4 rings (SSSR count). The van der Waals surface area contributed by atoms with Crippen LogP contribution in [0.5, 0.6) is 0 Å². The van der Waals surface area contributed by atoms with Crippen molar-refractivity contribution in [3.63, 3.8) is 0 Å². The molecule has 0 aliphatic carbocycles. The van der Waals surface area contributed by atoms with Gasteiger partial charge in [0, 0.05) is 23.8 Å². The Bertz CT molecular complexity index is 1170. The predicted octanol–water partition coefficient (Wildman–Crippen LogP) is 2.24. The topological polar surface area (TPSA) is 90.6 Å². The Morgan fingerprint density at radius 3 is 2.80 bits per heavy atom. The summed E-state index contributed by atoms with van der Waals surface area (Å²) in [4.78, 5) is 36.3. The zero-order valence-electron chi connectivity index (χ0n) is 12.7. The van der Waals surface area contributed by atoms with Crippen LogP contribution < -0.4 is 5.56 Å². The normalized spacial score (nSPS) is 11.2. The van der Waals surface area contributed by atoms with Gasteiger partial charge in [0.2, 0.25) is 0 Å². The van der Waals surface area contributed by atoms with Gasteiger partial charge in [-0.25, -0.2) is 14.6 Å². The highest BCUT2D eigenvalue weighted by Gasteiger charge is 2.14. The number of hydrogen-bond acceptors (Lipinski definition) is 7. The number of halogens is 1. The fraction of sp³-hybridized carbons (Fsp3) is 0.125. The molecule has 0 saturated heterocycles. The fourth-order valence-electron chi connectivity index (χ4n) is 2.53. The van der Waals surface area contributed by atoms with Crippen LogP contribution in [0.25, 0.3) is 21.3 Å². The summed E-state index contributed by atoms with van der Waals surface area (Å²) >= 11 is 7.44. The van der Waals surface area contributed by atoms with Gasteiger partial charge < -0.3 is 4.79 Å². The number of nitrogens with zero attached hydrogens (tertiary/aromatic N) is 5. The highest BCUT2D eigenvalue weighted by Crippen LogP contribution is 2.25. The maximum absolute atomic E-state index is 12.6. The van der Waals surface area contributed by atoms with E-state index in [1.807, 2.05) is 6.07 Å². The fourth-order valence-corrected chi connectivity index (χ4v) is 3.63. The number of hydrogen-bond donors (Lipinski definition) is 0. The van der Waals surface area contributed by atoms with E-state index >= 15 is 0 Å². The first kappa shape index (κ1) is 15.8. The summed E-state index contributed by atoms with van der Waals surface area (Å²) in [5.74, 6) is 0. The molecule has 4 aromatic rings. The average molecular weight is 372 g/mol. The first-order valence-electron chi connectivity index (χ1n) is 7.35. The number of benzene rings is 1. The van der Waals surface area contributed by atoms with Crippen LogP contribution in [0.3, 0.4) is 0 Å². The van der Waals surface area contributed by atoms with Crippen molar-refractivity contribution in [3.05, 3.63) is 56.7 Å². The minimum atomic E-state index is -0.366. The van der Waals surface area contributed by atoms with Crippen molar-refractivity contribution in [1.29, 1.82) is 0 Å². The van der Waals surface area contributed by atoms with Crippen LogP contribution in [0.4, 0.5) is 0 Å². The minimum Gasteiger partial charge on any atom is -0.303 e. The highest BCUT2D eigenvalue weighted by molar-refractivity contribution is 7.18. The molecule has 25 heavy (non-hydrogen) atoms. The van der Waals surface area contributed by atoms with Crippen molar-refractivity contribution < 1.29 is 4.79 Å². The van der Waals surface area contributed by atoms with E-state index in [0.29, 0.717) is 21.2 Å². The Labute approximate surface area is 149 Å². The molecule has 0 bridgehead atoms. The molecule has 7 nitrogen and oxygen atoms in total. The summed E-state index contributed by atoms with van der Waals surface area (Å²) in [6, 6.07) is 5.46. The summed E-state index contributed by atoms with van der Waals surface area (Å²) in [6.45, 7) is 0.189. The van der Waals surface area contributed by atoms with Crippen LogP contribution >= 0.6 is 22.9 Å². The maximum Gasteiger partial charge on any atom is 0.295 e. The Morgan fingerprint density at radius 2 is 2.00 bits per heavy atom. The number of carbonyl (C=O) groups excluding carboxylic acids is 1. The second kappa shape index (κ2) is 6.30. The number of rotatable bonds is 4. The van der Waals surface area contributed by atoms with E-state index in [1.54, 1.807) is 12.1 Å².